The van der Waals surface area contributed by atoms with Crippen LogP contribution in [-0.2, 0) is 21.4 Å². The first kappa shape index (κ1) is 22.2. The Kier molecular flexibility index (Phi) is 7.49. The smallest absolute Gasteiger partial charge is 0.232 e. The summed E-state index contributed by atoms with van der Waals surface area (Å²) >= 11 is 6.04. The van der Waals surface area contributed by atoms with Crippen molar-refractivity contribution in [3.05, 3.63) is 64.2 Å². The van der Waals surface area contributed by atoms with Gasteiger partial charge in [0.25, 0.3) is 0 Å². The highest BCUT2D eigenvalue weighted by molar-refractivity contribution is 7.92. The average molecular weight is 423 g/mol. The maximum atomic E-state index is 12.4. The van der Waals surface area contributed by atoms with Crippen molar-refractivity contribution in [2.45, 2.75) is 33.2 Å². The molecular weight excluding hydrogens is 396 g/mol. The summed E-state index contributed by atoms with van der Waals surface area (Å²) in [4.78, 5) is 14.1. The third-order valence-electron chi connectivity index (χ3n) is 4.56. The SMILES string of the molecule is Cc1ccc(CN(C)C(=O)CCCN(c2cc(Cl)ccc2C)S(C)(=O)=O)cc1. The maximum Gasteiger partial charge on any atom is 0.232 e. The summed E-state index contributed by atoms with van der Waals surface area (Å²) < 4.78 is 25.8. The zero-order valence-electron chi connectivity index (χ0n) is 16.8. The van der Waals surface area contributed by atoms with E-state index in [9.17, 15) is 13.2 Å². The lowest BCUT2D eigenvalue weighted by atomic mass is 10.1. The first-order valence-corrected chi connectivity index (χ1v) is 11.3. The van der Waals surface area contributed by atoms with E-state index in [4.69, 9.17) is 11.6 Å². The zero-order chi connectivity index (χ0) is 20.9. The molecule has 0 aliphatic rings. The molecule has 0 bridgehead atoms. The standard InChI is InChI=1S/C21H27ClN2O3S/c1-16-7-10-18(11-8-16)15-23(3)21(25)6-5-13-24(28(4,26)27)20-14-19(22)12-9-17(20)2/h7-12,14H,5-6,13,15H2,1-4H3. The number of benzene rings is 2. The molecule has 5 nitrogen and oxygen atoms in total. The minimum Gasteiger partial charge on any atom is -0.341 e. The van der Waals surface area contributed by atoms with Gasteiger partial charge in [0.15, 0.2) is 0 Å². The van der Waals surface area contributed by atoms with E-state index < -0.39 is 10.0 Å². The second-order valence-corrected chi connectivity index (χ2v) is 9.45. The van der Waals surface area contributed by atoms with Crippen LogP contribution in [0.4, 0.5) is 5.69 Å². The maximum absolute atomic E-state index is 12.4. The summed E-state index contributed by atoms with van der Waals surface area (Å²) in [7, 11) is -1.72. The van der Waals surface area contributed by atoms with Crippen LogP contribution >= 0.6 is 11.6 Å². The molecule has 2 aromatic rings. The number of carbonyl (C=O) groups excluding carboxylic acids is 1. The van der Waals surface area contributed by atoms with Crippen molar-refractivity contribution < 1.29 is 13.2 Å². The molecule has 0 aromatic heterocycles. The number of carbonyl (C=O) groups is 1. The molecule has 2 aromatic carbocycles. The quantitative estimate of drug-likeness (QED) is 0.641. The molecule has 0 heterocycles. The first-order chi connectivity index (χ1) is 13.1. The van der Waals surface area contributed by atoms with E-state index in [0.717, 1.165) is 11.1 Å². The highest BCUT2D eigenvalue weighted by atomic mass is 35.5. The van der Waals surface area contributed by atoms with Gasteiger partial charge >= 0.3 is 0 Å². The van der Waals surface area contributed by atoms with Gasteiger partial charge < -0.3 is 4.90 Å². The number of rotatable bonds is 8. The van der Waals surface area contributed by atoms with Gasteiger partial charge in [-0.05, 0) is 43.5 Å². The van der Waals surface area contributed by atoms with Gasteiger partial charge in [0.1, 0.15) is 0 Å². The van der Waals surface area contributed by atoms with E-state index in [1.54, 1.807) is 30.1 Å². The van der Waals surface area contributed by atoms with E-state index in [0.29, 0.717) is 23.7 Å². The molecule has 0 atom stereocenters. The third-order valence-corrected chi connectivity index (χ3v) is 5.97. The van der Waals surface area contributed by atoms with Crippen LogP contribution in [0.5, 0.6) is 0 Å². The molecule has 152 valence electrons. The zero-order valence-corrected chi connectivity index (χ0v) is 18.3. The average Bonchev–Trinajstić information content (AvgIpc) is 2.61. The van der Waals surface area contributed by atoms with Gasteiger partial charge in [-0.25, -0.2) is 8.42 Å². The van der Waals surface area contributed by atoms with Gasteiger partial charge in [0, 0.05) is 31.6 Å². The number of hydrogen-bond acceptors (Lipinski definition) is 3. The fourth-order valence-corrected chi connectivity index (χ4v) is 4.12. The topological polar surface area (TPSA) is 57.7 Å². The van der Waals surface area contributed by atoms with Crippen LogP contribution in [0.25, 0.3) is 0 Å². The van der Waals surface area contributed by atoms with Gasteiger partial charge in [-0.1, -0.05) is 47.5 Å². The minimum absolute atomic E-state index is 0.0168. The fraction of sp³-hybridized carbons (Fsp3) is 0.381. The number of hydrogen-bond donors (Lipinski definition) is 0. The minimum atomic E-state index is -3.48. The van der Waals surface area contributed by atoms with E-state index in [1.807, 2.05) is 38.1 Å². The van der Waals surface area contributed by atoms with Crippen LogP contribution < -0.4 is 4.31 Å². The summed E-state index contributed by atoms with van der Waals surface area (Å²) in [6.45, 7) is 4.62. The highest BCUT2D eigenvalue weighted by Gasteiger charge is 2.20. The lowest BCUT2D eigenvalue weighted by molar-refractivity contribution is -0.130. The second-order valence-electron chi connectivity index (χ2n) is 7.10. The second kappa shape index (κ2) is 9.43. The van der Waals surface area contributed by atoms with E-state index >= 15 is 0 Å². The number of anilines is 1. The van der Waals surface area contributed by atoms with Crippen molar-refractivity contribution in [1.82, 2.24) is 4.90 Å². The Morgan fingerprint density at radius 3 is 2.32 bits per heavy atom. The van der Waals surface area contributed by atoms with E-state index in [-0.39, 0.29) is 18.9 Å². The van der Waals surface area contributed by atoms with Crippen LogP contribution in [0.3, 0.4) is 0 Å². The number of halogens is 1. The van der Waals surface area contributed by atoms with Crippen molar-refractivity contribution in [1.29, 1.82) is 0 Å². The summed E-state index contributed by atoms with van der Waals surface area (Å²) in [5.74, 6) is -0.0168. The molecule has 0 saturated heterocycles. The largest absolute Gasteiger partial charge is 0.341 e. The molecule has 28 heavy (non-hydrogen) atoms. The predicted octanol–water partition coefficient (Wildman–Crippen LogP) is 4.16. The summed E-state index contributed by atoms with van der Waals surface area (Å²) in [5, 5.41) is 0.475. The Morgan fingerprint density at radius 2 is 1.71 bits per heavy atom. The van der Waals surface area contributed by atoms with Crippen LogP contribution in [0.15, 0.2) is 42.5 Å². The lowest BCUT2D eigenvalue weighted by Crippen LogP contribution is -2.33. The van der Waals surface area contributed by atoms with Crippen molar-refractivity contribution in [2.24, 2.45) is 0 Å². The molecule has 0 radical (unpaired) electrons. The predicted molar refractivity (Wildman–Crippen MR) is 115 cm³/mol. The Labute approximate surface area is 173 Å². The Hall–Kier alpha value is -2.05. The Balaban J connectivity index is 1.99. The lowest BCUT2D eigenvalue weighted by Gasteiger charge is -2.25. The van der Waals surface area contributed by atoms with Crippen LogP contribution in [0.2, 0.25) is 5.02 Å². The van der Waals surface area contributed by atoms with Crippen molar-refractivity contribution in [2.75, 3.05) is 24.2 Å². The molecule has 0 N–H and O–H groups in total. The number of nitrogens with zero attached hydrogens (tertiary/aromatic N) is 2. The molecule has 0 unspecified atom stereocenters. The summed E-state index contributed by atoms with van der Waals surface area (Å²) in [5.41, 5.74) is 3.61. The molecule has 0 spiro atoms. The molecule has 2 rings (SSSR count). The van der Waals surface area contributed by atoms with E-state index in [1.165, 1.54) is 16.1 Å². The van der Waals surface area contributed by atoms with E-state index in [2.05, 4.69) is 0 Å². The molecule has 7 heteroatoms. The normalized spacial score (nSPS) is 11.3. The molecular formula is C21H27ClN2O3S. The fourth-order valence-electron chi connectivity index (χ4n) is 2.94. The molecule has 0 aliphatic heterocycles. The molecule has 0 fully saturated rings. The summed E-state index contributed by atoms with van der Waals surface area (Å²) in [6, 6.07) is 13.2. The van der Waals surface area contributed by atoms with Crippen molar-refractivity contribution in [3.63, 3.8) is 0 Å². The molecule has 0 aliphatic carbocycles. The van der Waals surface area contributed by atoms with Crippen LogP contribution in [0.1, 0.15) is 29.5 Å². The summed E-state index contributed by atoms with van der Waals surface area (Å²) in [6.07, 6.45) is 1.86. The van der Waals surface area contributed by atoms with Gasteiger partial charge in [-0.15, -0.1) is 0 Å². The monoisotopic (exact) mass is 422 g/mol. The van der Waals surface area contributed by atoms with Gasteiger partial charge in [-0.3, -0.25) is 9.10 Å². The Morgan fingerprint density at radius 1 is 1.07 bits per heavy atom. The molecule has 1 amide bonds. The number of sulfonamides is 1. The van der Waals surface area contributed by atoms with Gasteiger partial charge in [-0.2, -0.15) is 0 Å². The van der Waals surface area contributed by atoms with Gasteiger partial charge in [0.2, 0.25) is 15.9 Å². The first-order valence-electron chi connectivity index (χ1n) is 9.11. The molecule has 0 saturated carbocycles. The highest BCUT2D eigenvalue weighted by Crippen LogP contribution is 2.26. The van der Waals surface area contributed by atoms with Gasteiger partial charge in [0.05, 0.1) is 11.9 Å². The van der Waals surface area contributed by atoms with Crippen molar-refractivity contribution in [3.8, 4) is 0 Å². The van der Waals surface area contributed by atoms with Crippen molar-refractivity contribution >= 4 is 33.2 Å². The number of amides is 1. The van der Waals surface area contributed by atoms with Crippen LogP contribution in [-0.4, -0.2) is 39.1 Å². The van der Waals surface area contributed by atoms with Crippen LogP contribution in [0, 0.1) is 13.8 Å². The number of aryl methyl sites for hydroxylation is 2. The third kappa shape index (κ3) is 6.24. The Bertz CT molecular complexity index is 927.